The van der Waals surface area contributed by atoms with Crippen molar-refractivity contribution < 1.29 is 34.4 Å². The molecule has 1 atom stereocenters. The van der Waals surface area contributed by atoms with Crippen molar-refractivity contribution in [3.8, 4) is 33.9 Å². The molecule has 0 aliphatic heterocycles. The second kappa shape index (κ2) is 18.2. The molecule has 1 aliphatic rings. The number of hydrogen-bond acceptors (Lipinski definition) is 4. The maximum atomic E-state index is 12.5. The fourth-order valence-electron chi connectivity index (χ4n) is 8.27. The van der Waals surface area contributed by atoms with E-state index in [2.05, 4.69) is 133 Å². The maximum Gasteiger partial charge on any atom is 0.171 e. The van der Waals surface area contributed by atoms with Gasteiger partial charge in [-0.05, 0) is 106 Å². The molecule has 0 spiro atoms. The predicted molar refractivity (Wildman–Crippen MR) is 240 cm³/mol. The van der Waals surface area contributed by atoms with Crippen LogP contribution < -0.4 is 14.5 Å². The van der Waals surface area contributed by atoms with Crippen LogP contribution in [0.25, 0.3) is 33.2 Å². The number of aryl methyl sites for hydroxylation is 2. The number of nitrogens with zero attached hydrogens (tertiary/aromatic N) is 2. The van der Waals surface area contributed by atoms with Crippen molar-refractivity contribution in [3.63, 3.8) is 0 Å². The first-order valence-electron chi connectivity index (χ1n) is 20.2. The Balaban J connectivity index is 0.000000252. The molecule has 0 fully saturated rings. The minimum absolute atomic E-state index is 0. The van der Waals surface area contributed by atoms with E-state index in [1.165, 1.54) is 55.3 Å². The standard InChI is InChI=1S/C40H33NO3.C15H10N.Ir/c1-27-9-14-30(15-10-27)40(36-7-4-3-6-34(36)35-22-11-28(2)26-37(35)40)31-16-20-33(21-17-31)44-25-24-43-32-18-12-29(13-19-32)39(42)38-8-5-23-41-38;1-2-7-13(8-3-1)15-14-9-5-4-6-12(14)10-11-16-15;/h3-23,26H,24-25H2,1-2H3,(H,41,42);1-7,9-11H;/q;-1;/p-1. The molecule has 0 saturated carbocycles. The third kappa shape index (κ3) is 8.21. The molecule has 9 aromatic rings. The molecular formula is C55H42IrN2O3-2. The van der Waals surface area contributed by atoms with Gasteiger partial charge in [0.15, 0.2) is 5.78 Å². The normalized spacial score (nSPS) is 13.5. The molecule has 0 amide bonds. The number of carbonyl (C=O) groups is 1. The Morgan fingerprint density at radius 1 is 0.623 bits per heavy atom. The Labute approximate surface area is 370 Å². The topological polar surface area (TPSA) is 62.5 Å². The Morgan fingerprint density at radius 3 is 1.97 bits per heavy atom. The molecule has 1 unspecified atom stereocenters. The minimum atomic E-state index is -0.431. The molecular weight excluding hydrogens is 929 g/mol. The number of hydrogen-bond donors (Lipinski definition) is 0. The zero-order valence-corrected chi connectivity index (χ0v) is 36.2. The summed E-state index contributed by atoms with van der Waals surface area (Å²) >= 11 is 0. The van der Waals surface area contributed by atoms with Gasteiger partial charge in [-0.25, -0.2) is 0 Å². The second-order valence-electron chi connectivity index (χ2n) is 15.0. The van der Waals surface area contributed by atoms with Crippen LogP contribution in [0.1, 0.15) is 49.4 Å². The van der Waals surface area contributed by atoms with E-state index in [1.807, 2.05) is 48.7 Å². The zero-order valence-electron chi connectivity index (χ0n) is 33.8. The van der Waals surface area contributed by atoms with Crippen molar-refractivity contribution in [2.75, 3.05) is 13.2 Å². The number of rotatable bonds is 10. The number of pyridine rings is 1. The van der Waals surface area contributed by atoms with Crippen LogP contribution in [0.15, 0.2) is 194 Å². The van der Waals surface area contributed by atoms with Gasteiger partial charge in [-0.3, -0.25) is 4.79 Å². The van der Waals surface area contributed by atoms with Crippen LogP contribution >= 0.6 is 0 Å². The van der Waals surface area contributed by atoms with Gasteiger partial charge in [0, 0.05) is 31.9 Å². The van der Waals surface area contributed by atoms with E-state index in [1.54, 1.807) is 42.6 Å². The molecule has 301 valence electrons. The molecule has 1 radical (unpaired) electrons. The van der Waals surface area contributed by atoms with Gasteiger partial charge >= 0.3 is 0 Å². The van der Waals surface area contributed by atoms with E-state index < -0.39 is 5.41 Å². The van der Waals surface area contributed by atoms with E-state index in [4.69, 9.17) is 9.47 Å². The number of ether oxygens (including phenoxy) is 2. The van der Waals surface area contributed by atoms with Crippen LogP contribution in [0.2, 0.25) is 0 Å². The molecule has 7 aromatic carbocycles. The Hall–Kier alpha value is -6.85. The zero-order chi connectivity index (χ0) is 40.9. The van der Waals surface area contributed by atoms with Gasteiger partial charge in [0.2, 0.25) is 0 Å². The monoisotopic (exact) mass is 971 g/mol. The van der Waals surface area contributed by atoms with Crippen molar-refractivity contribution in [3.05, 3.63) is 245 Å². The largest absolute Gasteiger partial charge is 0.661 e. The summed E-state index contributed by atoms with van der Waals surface area (Å²) in [5, 5.41) is 2.39. The Bertz CT molecular complexity index is 2890. The quantitative estimate of drug-likeness (QED) is 0.0776. The van der Waals surface area contributed by atoms with Crippen molar-refractivity contribution in [2.45, 2.75) is 19.3 Å². The molecule has 0 N–H and O–H groups in total. The third-order valence-electron chi connectivity index (χ3n) is 11.1. The number of carbonyl (C=O) groups excluding carboxylic acids is 1. The first-order chi connectivity index (χ1) is 29.5. The van der Waals surface area contributed by atoms with Crippen LogP contribution in [-0.2, 0) is 25.5 Å². The molecule has 6 heteroatoms. The summed E-state index contributed by atoms with van der Waals surface area (Å²) in [6.45, 7) is 5.07. The number of aromatic nitrogens is 2. The van der Waals surface area contributed by atoms with E-state index >= 15 is 0 Å². The molecule has 5 nitrogen and oxygen atoms in total. The van der Waals surface area contributed by atoms with Crippen molar-refractivity contribution in [1.82, 2.24) is 9.97 Å². The first-order valence-corrected chi connectivity index (χ1v) is 20.2. The van der Waals surface area contributed by atoms with Gasteiger partial charge in [-0.2, -0.15) is 6.20 Å². The molecule has 10 rings (SSSR count). The minimum Gasteiger partial charge on any atom is -0.661 e. The summed E-state index contributed by atoms with van der Waals surface area (Å²) in [7, 11) is 0. The molecule has 1 aliphatic carbocycles. The van der Waals surface area contributed by atoms with Crippen LogP contribution in [0.3, 0.4) is 0 Å². The number of benzene rings is 7. The van der Waals surface area contributed by atoms with Crippen molar-refractivity contribution in [1.29, 1.82) is 0 Å². The van der Waals surface area contributed by atoms with E-state index in [0.717, 1.165) is 17.0 Å². The van der Waals surface area contributed by atoms with Gasteiger partial charge in [-0.15, -0.1) is 35.9 Å². The summed E-state index contributed by atoms with van der Waals surface area (Å²) in [4.78, 5) is 21.0. The summed E-state index contributed by atoms with van der Waals surface area (Å²) in [6, 6.07) is 65.1. The average molecular weight is 971 g/mol. The van der Waals surface area contributed by atoms with Crippen molar-refractivity contribution in [2.24, 2.45) is 0 Å². The fourth-order valence-corrected chi connectivity index (χ4v) is 8.27. The predicted octanol–water partition coefficient (Wildman–Crippen LogP) is 12.0. The summed E-state index contributed by atoms with van der Waals surface area (Å²) in [5.74, 6) is 1.37. The van der Waals surface area contributed by atoms with E-state index in [0.29, 0.717) is 30.2 Å². The number of fused-ring (bicyclic) bond motifs is 4. The van der Waals surface area contributed by atoms with Gasteiger partial charge in [-0.1, -0.05) is 132 Å². The van der Waals surface area contributed by atoms with Crippen molar-refractivity contribution >= 4 is 16.6 Å². The van der Waals surface area contributed by atoms with E-state index in [-0.39, 0.29) is 25.9 Å². The average Bonchev–Trinajstić information content (AvgIpc) is 3.95. The van der Waals surface area contributed by atoms with Crippen LogP contribution in [0.5, 0.6) is 11.5 Å². The Morgan fingerprint density at radius 2 is 1.26 bits per heavy atom. The van der Waals surface area contributed by atoms with Crippen LogP contribution in [0.4, 0.5) is 0 Å². The smallest absolute Gasteiger partial charge is 0.171 e. The first kappa shape index (κ1) is 40.9. The van der Waals surface area contributed by atoms with Gasteiger partial charge < -0.3 is 19.4 Å². The molecule has 61 heavy (non-hydrogen) atoms. The molecule has 2 aromatic heterocycles. The Kier molecular flexibility index (Phi) is 12.2. The van der Waals surface area contributed by atoms with Crippen LogP contribution in [0, 0.1) is 19.9 Å². The maximum absolute atomic E-state index is 12.5. The van der Waals surface area contributed by atoms with Gasteiger partial charge in [0.1, 0.15) is 24.7 Å². The van der Waals surface area contributed by atoms with E-state index in [9.17, 15) is 4.79 Å². The SMILES string of the molecule is Cc1ccc(C2(c3ccc(OCCOc4ccc(C(=O)c5ccc[n-]5)cc4)cc3)c3ccccc3-c3ccc(C)cc32)cc1.[Ir].[c-]1ccccc1-c1nccc2ccccc12. The van der Waals surface area contributed by atoms with Gasteiger partial charge in [0.05, 0.1) is 5.41 Å². The second-order valence-corrected chi connectivity index (χ2v) is 15.0. The summed E-state index contributed by atoms with van der Waals surface area (Å²) < 4.78 is 12.0. The third-order valence-corrected chi connectivity index (χ3v) is 11.1. The summed E-state index contributed by atoms with van der Waals surface area (Å²) in [6.07, 6.45) is 3.46. The molecule has 0 bridgehead atoms. The molecule has 0 saturated heterocycles. The summed E-state index contributed by atoms with van der Waals surface area (Å²) in [5.41, 5.74) is 12.7. The number of ketones is 1. The fraction of sp³-hybridized carbons (Fsp3) is 0.0909. The van der Waals surface area contributed by atoms with Gasteiger partial charge in [0.25, 0.3) is 0 Å². The molecule has 2 heterocycles. The van der Waals surface area contributed by atoms with Crippen LogP contribution in [-0.4, -0.2) is 24.0 Å².